The van der Waals surface area contributed by atoms with Gasteiger partial charge in [-0.3, -0.25) is 14.2 Å². The van der Waals surface area contributed by atoms with E-state index in [4.69, 9.17) is 4.98 Å². The zero-order chi connectivity index (χ0) is 21.2. The summed E-state index contributed by atoms with van der Waals surface area (Å²) in [6.45, 7) is 0.936. The molecule has 1 N–H and O–H groups in total. The van der Waals surface area contributed by atoms with Gasteiger partial charge in [-0.15, -0.1) is 0 Å². The molecular formula is C25H24N4O2. The van der Waals surface area contributed by atoms with Crippen molar-refractivity contribution in [1.29, 1.82) is 0 Å². The number of amides is 1. The fourth-order valence-electron chi connectivity index (χ4n) is 4.38. The standard InChI is InChI=1S/C25H24N4O2/c30-22-14-13-21(28(22)16-18-8-3-1-4-9-18)24-27-20-12-7-15-26-23(20)25(31)29(24)17-19-10-5-2-6-11-19/h1-11,15,21,26H,12-14,16-17H2. The van der Waals surface area contributed by atoms with Gasteiger partial charge >= 0.3 is 0 Å². The van der Waals surface area contributed by atoms with E-state index >= 15 is 0 Å². The molecule has 1 fully saturated rings. The van der Waals surface area contributed by atoms with Crippen LogP contribution in [0.4, 0.5) is 5.69 Å². The zero-order valence-corrected chi connectivity index (χ0v) is 17.2. The molecule has 1 aromatic heterocycles. The van der Waals surface area contributed by atoms with Crippen molar-refractivity contribution in [3.8, 4) is 0 Å². The van der Waals surface area contributed by atoms with E-state index in [2.05, 4.69) is 5.32 Å². The van der Waals surface area contributed by atoms with Crippen molar-refractivity contribution in [3.05, 3.63) is 106 Å². The minimum atomic E-state index is -0.222. The van der Waals surface area contributed by atoms with Crippen molar-refractivity contribution >= 4 is 11.6 Å². The van der Waals surface area contributed by atoms with Gasteiger partial charge in [0, 0.05) is 19.4 Å². The summed E-state index contributed by atoms with van der Waals surface area (Å²) in [5, 5.41) is 3.08. The quantitative estimate of drug-likeness (QED) is 0.695. The Hall–Kier alpha value is -3.67. The van der Waals surface area contributed by atoms with Gasteiger partial charge in [-0.25, -0.2) is 4.98 Å². The predicted molar refractivity (Wildman–Crippen MR) is 119 cm³/mol. The lowest BCUT2D eigenvalue weighted by Gasteiger charge is -2.28. The SMILES string of the molecule is O=C1CCC(c2nc3c(c(=O)n2Cc2ccccc2)NC=CC3)N1Cc1ccccc1. The third-order valence-corrected chi connectivity index (χ3v) is 5.94. The van der Waals surface area contributed by atoms with Gasteiger partial charge in [0.1, 0.15) is 11.5 Å². The molecule has 0 aliphatic carbocycles. The van der Waals surface area contributed by atoms with Crippen LogP contribution < -0.4 is 10.9 Å². The molecule has 1 saturated heterocycles. The molecule has 0 saturated carbocycles. The van der Waals surface area contributed by atoms with Gasteiger partial charge in [0.2, 0.25) is 5.91 Å². The number of likely N-dealkylation sites (tertiary alicyclic amines) is 1. The maximum atomic E-state index is 13.5. The Kier molecular flexibility index (Phi) is 5.12. The van der Waals surface area contributed by atoms with Crippen molar-refractivity contribution in [2.45, 2.75) is 38.4 Å². The summed E-state index contributed by atoms with van der Waals surface area (Å²) >= 11 is 0. The Labute approximate surface area is 180 Å². The molecule has 156 valence electrons. The number of fused-ring (bicyclic) bond motifs is 1. The lowest BCUT2D eigenvalue weighted by atomic mass is 10.1. The second-order valence-electron chi connectivity index (χ2n) is 7.98. The Morgan fingerprint density at radius 2 is 1.61 bits per heavy atom. The lowest BCUT2D eigenvalue weighted by molar-refractivity contribution is -0.129. The highest BCUT2D eigenvalue weighted by atomic mass is 16.2. The molecule has 1 atom stereocenters. The molecule has 6 heteroatoms. The Bertz CT molecular complexity index is 1190. The van der Waals surface area contributed by atoms with E-state index in [1.54, 1.807) is 10.8 Å². The Balaban J connectivity index is 1.59. The minimum Gasteiger partial charge on any atom is -0.356 e. The first-order valence-corrected chi connectivity index (χ1v) is 10.6. The Morgan fingerprint density at radius 1 is 0.935 bits per heavy atom. The Morgan fingerprint density at radius 3 is 2.32 bits per heavy atom. The van der Waals surface area contributed by atoms with Crippen LogP contribution in [0.1, 0.15) is 41.5 Å². The highest BCUT2D eigenvalue weighted by molar-refractivity contribution is 5.79. The largest absolute Gasteiger partial charge is 0.356 e. The molecule has 0 bridgehead atoms. The second-order valence-corrected chi connectivity index (χ2v) is 7.98. The van der Waals surface area contributed by atoms with Gasteiger partial charge in [-0.2, -0.15) is 0 Å². The van der Waals surface area contributed by atoms with Crippen LogP contribution in [0, 0.1) is 0 Å². The average molecular weight is 412 g/mol. The molecule has 31 heavy (non-hydrogen) atoms. The summed E-state index contributed by atoms with van der Waals surface area (Å²) < 4.78 is 1.74. The highest BCUT2D eigenvalue weighted by Crippen LogP contribution is 2.34. The number of nitrogens with zero attached hydrogens (tertiary/aromatic N) is 3. The summed E-state index contributed by atoms with van der Waals surface area (Å²) in [6.07, 6.45) is 5.49. The molecule has 2 aliphatic rings. The zero-order valence-electron chi connectivity index (χ0n) is 17.2. The van der Waals surface area contributed by atoms with Gasteiger partial charge in [0.25, 0.3) is 5.56 Å². The third kappa shape index (κ3) is 3.77. The molecule has 1 amide bonds. The van der Waals surface area contributed by atoms with Crippen LogP contribution in [0.3, 0.4) is 0 Å². The minimum absolute atomic E-state index is 0.0905. The molecule has 3 aromatic rings. The van der Waals surface area contributed by atoms with Crippen molar-refractivity contribution in [1.82, 2.24) is 14.5 Å². The lowest BCUT2D eigenvalue weighted by Crippen LogP contribution is -2.36. The van der Waals surface area contributed by atoms with E-state index < -0.39 is 0 Å². The number of hydrogen-bond acceptors (Lipinski definition) is 4. The predicted octanol–water partition coefficient (Wildman–Crippen LogP) is 3.64. The average Bonchev–Trinajstić information content (AvgIpc) is 3.17. The molecule has 6 nitrogen and oxygen atoms in total. The fraction of sp³-hybridized carbons (Fsp3) is 0.240. The summed E-state index contributed by atoms with van der Waals surface area (Å²) in [6, 6.07) is 19.6. The van der Waals surface area contributed by atoms with E-state index in [-0.39, 0.29) is 17.5 Å². The van der Waals surface area contributed by atoms with Gasteiger partial charge in [-0.05, 0) is 23.7 Å². The topological polar surface area (TPSA) is 67.2 Å². The number of carbonyl (C=O) groups is 1. The van der Waals surface area contributed by atoms with Crippen LogP contribution in [-0.4, -0.2) is 20.4 Å². The van der Waals surface area contributed by atoms with Crippen molar-refractivity contribution in [2.75, 3.05) is 5.32 Å². The number of aromatic nitrogens is 2. The van der Waals surface area contributed by atoms with Crippen LogP contribution >= 0.6 is 0 Å². The number of hydrogen-bond donors (Lipinski definition) is 1. The molecular weight excluding hydrogens is 388 g/mol. The molecule has 5 rings (SSSR count). The number of nitrogens with one attached hydrogen (secondary N) is 1. The van der Waals surface area contributed by atoms with Crippen LogP contribution in [0.15, 0.2) is 77.7 Å². The monoisotopic (exact) mass is 412 g/mol. The number of benzene rings is 2. The van der Waals surface area contributed by atoms with Gasteiger partial charge in [0.05, 0.1) is 18.3 Å². The molecule has 3 heterocycles. The number of rotatable bonds is 5. The van der Waals surface area contributed by atoms with Crippen LogP contribution in [0.2, 0.25) is 0 Å². The smallest absolute Gasteiger partial charge is 0.277 e. The molecule has 2 aromatic carbocycles. The first-order valence-electron chi connectivity index (χ1n) is 10.6. The number of allylic oxidation sites excluding steroid dienone is 1. The maximum Gasteiger partial charge on any atom is 0.277 e. The van der Waals surface area contributed by atoms with Crippen molar-refractivity contribution in [3.63, 3.8) is 0 Å². The summed E-state index contributed by atoms with van der Waals surface area (Å²) in [5.41, 5.74) is 3.28. The van der Waals surface area contributed by atoms with Gasteiger partial charge in [0.15, 0.2) is 0 Å². The summed E-state index contributed by atoms with van der Waals surface area (Å²) in [5.74, 6) is 0.775. The second kappa shape index (κ2) is 8.22. The highest BCUT2D eigenvalue weighted by Gasteiger charge is 2.36. The van der Waals surface area contributed by atoms with E-state index in [1.807, 2.05) is 71.6 Å². The van der Waals surface area contributed by atoms with Gasteiger partial charge < -0.3 is 10.2 Å². The first-order chi connectivity index (χ1) is 15.2. The summed E-state index contributed by atoms with van der Waals surface area (Å²) in [4.78, 5) is 33.1. The summed E-state index contributed by atoms with van der Waals surface area (Å²) in [7, 11) is 0. The third-order valence-electron chi connectivity index (χ3n) is 5.94. The maximum absolute atomic E-state index is 13.5. The van der Waals surface area contributed by atoms with E-state index in [9.17, 15) is 9.59 Å². The van der Waals surface area contributed by atoms with E-state index in [1.165, 1.54) is 0 Å². The van der Waals surface area contributed by atoms with Gasteiger partial charge in [-0.1, -0.05) is 66.7 Å². The normalized spacial score (nSPS) is 17.5. The molecule has 1 unspecified atom stereocenters. The van der Waals surface area contributed by atoms with Crippen molar-refractivity contribution < 1.29 is 4.79 Å². The molecule has 0 spiro atoms. The van der Waals surface area contributed by atoms with Crippen molar-refractivity contribution in [2.24, 2.45) is 0 Å². The van der Waals surface area contributed by atoms with Crippen LogP contribution in [-0.2, 0) is 24.3 Å². The van der Waals surface area contributed by atoms with E-state index in [0.29, 0.717) is 43.9 Å². The van der Waals surface area contributed by atoms with E-state index in [0.717, 1.165) is 16.8 Å². The number of carbonyl (C=O) groups excluding carboxylic acids is 1. The molecule has 2 aliphatic heterocycles. The first kappa shape index (κ1) is 19.3. The molecule has 0 radical (unpaired) electrons. The van der Waals surface area contributed by atoms with Crippen LogP contribution in [0.25, 0.3) is 0 Å². The van der Waals surface area contributed by atoms with Crippen LogP contribution in [0.5, 0.6) is 0 Å². The number of anilines is 1. The fourth-order valence-corrected chi connectivity index (χ4v) is 4.38.